The summed E-state index contributed by atoms with van der Waals surface area (Å²) in [5.41, 5.74) is 3.78. The van der Waals surface area contributed by atoms with Gasteiger partial charge >= 0.3 is 0 Å². The maximum Gasteiger partial charge on any atom is 0.274 e. The average molecular weight is 374 g/mol. The van der Waals surface area contributed by atoms with Gasteiger partial charge < -0.3 is 15.5 Å². The van der Waals surface area contributed by atoms with Gasteiger partial charge in [0.15, 0.2) is 0 Å². The van der Waals surface area contributed by atoms with Crippen molar-refractivity contribution in [3.05, 3.63) is 84.2 Å². The second-order valence-electron chi connectivity index (χ2n) is 6.46. The highest BCUT2D eigenvalue weighted by Crippen LogP contribution is 2.17. The number of aromatic nitrogens is 1. The molecule has 6 nitrogen and oxygen atoms in total. The van der Waals surface area contributed by atoms with E-state index in [0.29, 0.717) is 17.1 Å². The maximum absolute atomic E-state index is 12.4. The van der Waals surface area contributed by atoms with Crippen LogP contribution in [0.25, 0.3) is 0 Å². The van der Waals surface area contributed by atoms with Crippen molar-refractivity contribution in [1.82, 2.24) is 4.98 Å². The molecule has 0 saturated heterocycles. The summed E-state index contributed by atoms with van der Waals surface area (Å²) in [5.74, 6) is -0.428. The van der Waals surface area contributed by atoms with Crippen LogP contribution in [0.1, 0.15) is 23.0 Å². The summed E-state index contributed by atoms with van der Waals surface area (Å²) in [6.07, 6.45) is 1.69. The average Bonchev–Trinajstić information content (AvgIpc) is 2.70. The third kappa shape index (κ3) is 5.17. The largest absolute Gasteiger partial charge is 0.369 e. The van der Waals surface area contributed by atoms with Crippen molar-refractivity contribution in [1.29, 1.82) is 0 Å². The fraction of sp³-hybridized carbons (Fsp3) is 0.136. The Bertz CT molecular complexity index is 939. The van der Waals surface area contributed by atoms with Crippen molar-refractivity contribution < 1.29 is 9.59 Å². The van der Waals surface area contributed by atoms with E-state index in [1.807, 2.05) is 31.3 Å². The Morgan fingerprint density at radius 1 is 0.893 bits per heavy atom. The van der Waals surface area contributed by atoms with E-state index in [1.165, 1.54) is 12.5 Å². The predicted molar refractivity (Wildman–Crippen MR) is 111 cm³/mol. The van der Waals surface area contributed by atoms with Gasteiger partial charge in [0.05, 0.1) is 11.9 Å². The first-order valence-corrected chi connectivity index (χ1v) is 8.91. The quantitative estimate of drug-likeness (QED) is 0.686. The highest BCUT2D eigenvalue weighted by atomic mass is 16.2. The number of pyridine rings is 1. The predicted octanol–water partition coefficient (Wildman–Crippen LogP) is 3.93. The van der Waals surface area contributed by atoms with Crippen molar-refractivity contribution >= 4 is 28.9 Å². The Balaban J connectivity index is 1.61. The number of anilines is 3. The van der Waals surface area contributed by atoms with Gasteiger partial charge in [-0.25, -0.2) is 4.98 Å². The van der Waals surface area contributed by atoms with Crippen molar-refractivity contribution in [3.63, 3.8) is 0 Å². The van der Waals surface area contributed by atoms with Gasteiger partial charge in [-0.1, -0.05) is 30.3 Å². The van der Waals surface area contributed by atoms with Crippen LogP contribution in [0.3, 0.4) is 0 Å². The lowest BCUT2D eigenvalue weighted by Gasteiger charge is -2.19. The minimum atomic E-state index is -0.287. The number of carbonyl (C=O) groups is 2. The normalized spacial score (nSPS) is 10.2. The molecule has 0 aliphatic rings. The molecule has 0 fully saturated rings. The lowest BCUT2D eigenvalue weighted by atomic mass is 10.2. The Morgan fingerprint density at radius 3 is 2.11 bits per heavy atom. The lowest BCUT2D eigenvalue weighted by molar-refractivity contribution is -0.114. The number of amides is 2. The molecule has 0 saturated carbocycles. The van der Waals surface area contributed by atoms with Gasteiger partial charge in [0.25, 0.3) is 5.91 Å². The molecule has 1 aromatic heterocycles. The molecule has 2 amide bonds. The fourth-order valence-electron chi connectivity index (χ4n) is 2.73. The van der Waals surface area contributed by atoms with E-state index >= 15 is 0 Å². The Hall–Kier alpha value is -3.67. The maximum atomic E-state index is 12.4. The van der Waals surface area contributed by atoms with Crippen LogP contribution < -0.4 is 15.5 Å². The molecule has 6 heteroatoms. The molecule has 0 bridgehead atoms. The van der Waals surface area contributed by atoms with E-state index in [1.54, 1.807) is 36.5 Å². The van der Waals surface area contributed by atoms with Gasteiger partial charge in [-0.2, -0.15) is 0 Å². The molecule has 2 N–H and O–H groups in total. The summed E-state index contributed by atoms with van der Waals surface area (Å²) in [6.45, 7) is 2.21. The number of nitrogens with one attached hydrogen (secondary N) is 2. The Morgan fingerprint density at radius 2 is 1.54 bits per heavy atom. The van der Waals surface area contributed by atoms with Crippen LogP contribution in [-0.4, -0.2) is 23.8 Å². The zero-order valence-corrected chi connectivity index (χ0v) is 15.8. The number of nitrogens with zero attached hydrogens (tertiary/aromatic N) is 2. The molecule has 28 heavy (non-hydrogen) atoms. The highest BCUT2D eigenvalue weighted by molar-refractivity contribution is 6.03. The third-order valence-electron chi connectivity index (χ3n) is 4.15. The molecule has 142 valence electrons. The molecule has 3 aromatic rings. The van der Waals surface area contributed by atoms with Crippen LogP contribution >= 0.6 is 0 Å². The molecule has 0 atom stereocenters. The molecule has 0 unspecified atom stereocenters. The Labute approximate surface area is 164 Å². The van der Waals surface area contributed by atoms with Gasteiger partial charge in [-0.15, -0.1) is 0 Å². The van der Waals surface area contributed by atoms with Crippen LogP contribution in [0.4, 0.5) is 17.1 Å². The van der Waals surface area contributed by atoms with Gasteiger partial charge in [0.1, 0.15) is 5.69 Å². The van der Waals surface area contributed by atoms with Gasteiger partial charge in [0, 0.05) is 31.9 Å². The molecule has 0 radical (unpaired) electrons. The summed E-state index contributed by atoms with van der Waals surface area (Å²) in [4.78, 5) is 29.8. The van der Waals surface area contributed by atoms with Crippen LogP contribution in [0, 0.1) is 0 Å². The summed E-state index contributed by atoms with van der Waals surface area (Å²) in [7, 11) is 1.99. The molecular formula is C22H22N4O2. The Kier molecular flexibility index (Phi) is 6.01. The summed E-state index contributed by atoms with van der Waals surface area (Å²) < 4.78 is 0. The SMILES string of the molecule is CC(=O)Nc1ccc(NC(=O)c2ccc(N(C)Cc3ccccc3)cn2)cc1. The summed E-state index contributed by atoms with van der Waals surface area (Å²) in [5, 5.41) is 5.48. The molecule has 0 spiro atoms. The number of hydrogen-bond donors (Lipinski definition) is 2. The van der Waals surface area contributed by atoms with E-state index in [9.17, 15) is 9.59 Å². The minimum Gasteiger partial charge on any atom is -0.369 e. The first-order chi connectivity index (χ1) is 13.5. The molecule has 3 rings (SSSR count). The van der Waals surface area contributed by atoms with E-state index < -0.39 is 0 Å². The van der Waals surface area contributed by atoms with E-state index in [0.717, 1.165) is 12.2 Å². The molecule has 0 aliphatic carbocycles. The zero-order valence-electron chi connectivity index (χ0n) is 15.8. The van der Waals surface area contributed by atoms with Gasteiger partial charge in [-0.05, 0) is 42.0 Å². The molecule has 0 aliphatic heterocycles. The first-order valence-electron chi connectivity index (χ1n) is 8.91. The standard InChI is InChI=1S/C22H22N4O2/c1-16(27)24-18-8-10-19(11-9-18)25-22(28)21-13-12-20(14-23-21)26(2)15-17-6-4-3-5-7-17/h3-14H,15H2,1-2H3,(H,24,27)(H,25,28). The zero-order chi connectivity index (χ0) is 19.9. The molecule has 1 heterocycles. The van der Waals surface area contributed by atoms with E-state index in [2.05, 4.69) is 32.7 Å². The van der Waals surface area contributed by atoms with Crippen molar-refractivity contribution in [2.24, 2.45) is 0 Å². The number of carbonyl (C=O) groups excluding carboxylic acids is 2. The lowest BCUT2D eigenvalue weighted by Crippen LogP contribution is -2.18. The van der Waals surface area contributed by atoms with Gasteiger partial charge in [0.2, 0.25) is 5.91 Å². The second-order valence-corrected chi connectivity index (χ2v) is 6.46. The summed E-state index contributed by atoms with van der Waals surface area (Å²) >= 11 is 0. The minimum absolute atomic E-state index is 0.140. The van der Waals surface area contributed by atoms with Crippen molar-refractivity contribution in [2.75, 3.05) is 22.6 Å². The monoisotopic (exact) mass is 374 g/mol. The third-order valence-corrected chi connectivity index (χ3v) is 4.15. The second kappa shape index (κ2) is 8.81. The highest BCUT2D eigenvalue weighted by Gasteiger charge is 2.09. The fourth-order valence-corrected chi connectivity index (χ4v) is 2.73. The van der Waals surface area contributed by atoms with Crippen molar-refractivity contribution in [2.45, 2.75) is 13.5 Å². The van der Waals surface area contributed by atoms with Gasteiger partial charge in [-0.3, -0.25) is 9.59 Å². The summed E-state index contributed by atoms with van der Waals surface area (Å²) in [6, 6.07) is 20.7. The number of rotatable bonds is 6. The van der Waals surface area contributed by atoms with Crippen LogP contribution in [0.15, 0.2) is 72.9 Å². The number of hydrogen-bond acceptors (Lipinski definition) is 4. The smallest absolute Gasteiger partial charge is 0.274 e. The van der Waals surface area contributed by atoms with Crippen LogP contribution in [0.5, 0.6) is 0 Å². The first kappa shape index (κ1) is 19.1. The van der Waals surface area contributed by atoms with E-state index in [4.69, 9.17) is 0 Å². The van der Waals surface area contributed by atoms with Crippen LogP contribution in [-0.2, 0) is 11.3 Å². The molecule has 2 aromatic carbocycles. The van der Waals surface area contributed by atoms with Crippen LogP contribution in [0.2, 0.25) is 0 Å². The molecular weight excluding hydrogens is 352 g/mol. The van der Waals surface area contributed by atoms with E-state index in [-0.39, 0.29) is 11.8 Å². The topological polar surface area (TPSA) is 74.3 Å². The number of benzene rings is 2. The van der Waals surface area contributed by atoms with Crippen molar-refractivity contribution in [3.8, 4) is 0 Å².